The number of hydrogen-bond acceptors (Lipinski definition) is 3. The lowest BCUT2D eigenvalue weighted by Crippen LogP contribution is -2.23. The van der Waals surface area contributed by atoms with Crippen LogP contribution in [0.4, 0.5) is 0 Å². The van der Waals surface area contributed by atoms with Gasteiger partial charge in [-0.1, -0.05) is 0 Å². The van der Waals surface area contributed by atoms with Crippen LogP contribution in [0.3, 0.4) is 0 Å². The van der Waals surface area contributed by atoms with E-state index in [2.05, 4.69) is 22.4 Å². The summed E-state index contributed by atoms with van der Waals surface area (Å²) in [4.78, 5) is 18.4. The molecule has 0 atom stereocenters. The van der Waals surface area contributed by atoms with Gasteiger partial charge in [0, 0.05) is 0 Å². The number of nitrogens with zero attached hydrogens (tertiary/aromatic N) is 2. The van der Waals surface area contributed by atoms with E-state index < -0.39 is 0 Å². The van der Waals surface area contributed by atoms with Gasteiger partial charge in [-0.3, -0.25) is 0 Å². The SMILES string of the molecule is C=C=NC1CCC(CC2CCC(N=C=O)CC2)CC1. The minimum atomic E-state index is 0.256. The van der Waals surface area contributed by atoms with E-state index in [1.165, 1.54) is 44.9 Å². The number of rotatable bonds is 4. The Labute approximate surface area is 115 Å². The summed E-state index contributed by atoms with van der Waals surface area (Å²) in [7, 11) is 0. The minimum Gasteiger partial charge on any atom is -0.240 e. The summed E-state index contributed by atoms with van der Waals surface area (Å²) in [6, 6.07) is 0.734. The highest BCUT2D eigenvalue weighted by atomic mass is 16.1. The number of hydrogen-bond donors (Lipinski definition) is 0. The van der Waals surface area contributed by atoms with E-state index in [0.29, 0.717) is 6.04 Å². The van der Waals surface area contributed by atoms with Crippen molar-refractivity contribution >= 4 is 11.9 Å². The van der Waals surface area contributed by atoms with E-state index in [4.69, 9.17) is 0 Å². The third-order valence-electron chi connectivity index (χ3n) is 4.81. The standard InChI is InChI=1S/C16H24N2O/c1-2-17-15-7-3-13(4-8-15)11-14-5-9-16(10-6-14)18-12-19/h13-16H,1,3-11H2. The molecule has 2 fully saturated rings. The van der Waals surface area contributed by atoms with Gasteiger partial charge >= 0.3 is 0 Å². The normalized spacial score (nSPS) is 34.9. The molecule has 0 unspecified atom stereocenters. The Bertz CT molecular complexity index is 328. The van der Waals surface area contributed by atoms with Crippen LogP contribution in [-0.2, 0) is 4.79 Å². The van der Waals surface area contributed by atoms with Crippen molar-refractivity contribution in [1.82, 2.24) is 0 Å². The predicted octanol–water partition coefficient (Wildman–Crippen LogP) is 3.69. The van der Waals surface area contributed by atoms with Crippen molar-refractivity contribution in [2.24, 2.45) is 21.8 Å². The van der Waals surface area contributed by atoms with Gasteiger partial charge in [0.05, 0.1) is 12.1 Å². The maximum absolute atomic E-state index is 10.2. The van der Waals surface area contributed by atoms with E-state index in [1.54, 1.807) is 6.08 Å². The van der Waals surface area contributed by atoms with Gasteiger partial charge in [0.1, 0.15) is 0 Å². The summed E-state index contributed by atoms with van der Waals surface area (Å²) in [5, 5.41) is 0. The van der Waals surface area contributed by atoms with Gasteiger partial charge in [0.25, 0.3) is 0 Å². The van der Waals surface area contributed by atoms with Crippen LogP contribution >= 0.6 is 0 Å². The van der Waals surface area contributed by atoms with E-state index >= 15 is 0 Å². The lowest BCUT2D eigenvalue weighted by atomic mass is 9.76. The first-order chi connectivity index (χ1) is 9.31. The molecule has 19 heavy (non-hydrogen) atoms. The van der Waals surface area contributed by atoms with Gasteiger partial charge in [0.15, 0.2) is 0 Å². The van der Waals surface area contributed by atoms with Gasteiger partial charge in [-0.15, -0.1) is 0 Å². The van der Waals surface area contributed by atoms with Gasteiger partial charge < -0.3 is 0 Å². The van der Waals surface area contributed by atoms with Crippen LogP contribution in [-0.4, -0.2) is 24.0 Å². The van der Waals surface area contributed by atoms with Crippen LogP contribution in [0.15, 0.2) is 16.6 Å². The smallest absolute Gasteiger partial charge is 0.235 e. The molecule has 0 aliphatic heterocycles. The second-order valence-electron chi connectivity index (χ2n) is 6.09. The lowest BCUT2D eigenvalue weighted by Gasteiger charge is -2.32. The molecule has 0 saturated heterocycles. The van der Waals surface area contributed by atoms with Crippen LogP contribution in [0.25, 0.3) is 0 Å². The minimum absolute atomic E-state index is 0.256. The Morgan fingerprint density at radius 1 is 0.842 bits per heavy atom. The highest BCUT2D eigenvalue weighted by Gasteiger charge is 2.26. The van der Waals surface area contributed by atoms with Gasteiger partial charge in [-0.25, -0.2) is 14.8 Å². The number of aliphatic imine (C=N–C) groups is 2. The largest absolute Gasteiger partial charge is 0.240 e. The predicted molar refractivity (Wildman–Crippen MR) is 77.3 cm³/mol. The fraction of sp³-hybridized carbons (Fsp3) is 0.812. The molecular formula is C16H24N2O. The Hall–Kier alpha value is -1.17. The van der Waals surface area contributed by atoms with E-state index in [9.17, 15) is 4.79 Å². The lowest BCUT2D eigenvalue weighted by molar-refractivity contribution is 0.226. The van der Waals surface area contributed by atoms with Gasteiger partial charge in [-0.2, -0.15) is 0 Å². The number of isocyanates is 1. The second-order valence-corrected chi connectivity index (χ2v) is 6.09. The summed E-state index contributed by atoms with van der Waals surface area (Å²) in [6.07, 6.45) is 12.7. The molecule has 2 saturated carbocycles. The zero-order valence-electron chi connectivity index (χ0n) is 11.7. The summed E-state index contributed by atoms with van der Waals surface area (Å²) in [5.41, 5.74) is 0. The van der Waals surface area contributed by atoms with Gasteiger partial charge in [-0.05, 0) is 82.1 Å². The maximum atomic E-state index is 10.2. The summed E-state index contributed by atoms with van der Waals surface area (Å²) in [6.45, 7) is 3.56. The van der Waals surface area contributed by atoms with Crippen molar-refractivity contribution in [3.05, 3.63) is 6.58 Å². The van der Waals surface area contributed by atoms with E-state index in [0.717, 1.165) is 24.7 Å². The molecule has 104 valence electrons. The highest BCUT2D eigenvalue weighted by Crippen LogP contribution is 2.36. The van der Waals surface area contributed by atoms with Crippen LogP contribution in [0.5, 0.6) is 0 Å². The maximum Gasteiger partial charge on any atom is 0.235 e. The summed E-state index contributed by atoms with van der Waals surface area (Å²) in [5.74, 6) is 4.42. The van der Waals surface area contributed by atoms with Crippen molar-refractivity contribution < 1.29 is 4.79 Å². The fourth-order valence-corrected chi connectivity index (χ4v) is 3.69. The quantitative estimate of drug-likeness (QED) is 0.561. The Morgan fingerprint density at radius 2 is 1.32 bits per heavy atom. The third kappa shape index (κ3) is 4.45. The van der Waals surface area contributed by atoms with E-state index in [-0.39, 0.29) is 6.04 Å². The topological polar surface area (TPSA) is 41.8 Å². The molecule has 0 radical (unpaired) electrons. The Balaban J connectivity index is 1.69. The molecular weight excluding hydrogens is 236 g/mol. The van der Waals surface area contributed by atoms with Crippen LogP contribution in [0, 0.1) is 11.8 Å². The molecule has 0 N–H and O–H groups in total. The monoisotopic (exact) mass is 260 g/mol. The molecule has 0 spiro atoms. The molecule has 0 aromatic carbocycles. The Kier molecular flexibility index (Phi) is 5.57. The summed E-state index contributed by atoms with van der Waals surface area (Å²) < 4.78 is 0. The van der Waals surface area contributed by atoms with E-state index in [1.807, 2.05) is 0 Å². The first kappa shape index (κ1) is 14.2. The molecule has 2 rings (SSSR count). The van der Waals surface area contributed by atoms with Crippen LogP contribution in [0.1, 0.15) is 57.8 Å². The van der Waals surface area contributed by atoms with Gasteiger partial charge in [0.2, 0.25) is 6.08 Å². The molecule has 3 heteroatoms. The fourth-order valence-electron chi connectivity index (χ4n) is 3.69. The molecule has 0 amide bonds. The molecule has 0 heterocycles. The average Bonchev–Trinajstić information content (AvgIpc) is 2.44. The van der Waals surface area contributed by atoms with Crippen LogP contribution in [0.2, 0.25) is 0 Å². The second kappa shape index (κ2) is 7.43. The third-order valence-corrected chi connectivity index (χ3v) is 4.81. The molecule has 2 aliphatic rings. The van der Waals surface area contributed by atoms with Crippen molar-refractivity contribution in [3.63, 3.8) is 0 Å². The first-order valence-corrected chi connectivity index (χ1v) is 7.60. The zero-order chi connectivity index (χ0) is 13.5. The molecule has 0 aromatic heterocycles. The molecule has 0 aromatic rings. The first-order valence-electron chi connectivity index (χ1n) is 7.60. The zero-order valence-corrected chi connectivity index (χ0v) is 11.7. The van der Waals surface area contributed by atoms with Crippen LogP contribution < -0.4 is 0 Å². The average molecular weight is 260 g/mol. The van der Waals surface area contributed by atoms with Crippen molar-refractivity contribution in [1.29, 1.82) is 0 Å². The summed E-state index contributed by atoms with van der Waals surface area (Å²) >= 11 is 0. The number of carbonyl (C=O) groups excluding carboxylic acids is 1. The Morgan fingerprint density at radius 3 is 1.74 bits per heavy atom. The molecule has 2 aliphatic carbocycles. The highest BCUT2D eigenvalue weighted by molar-refractivity contribution is 5.46. The van der Waals surface area contributed by atoms with Crippen molar-refractivity contribution in [3.8, 4) is 0 Å². The van der Waals surface area contributed by atoms with Crippen molar-refractivity contribution in [2.45, 2.75) is 69.9 Å². The molecule has 3 nitrogen and oxygen atoms in total. The molecule has 0 bridgehead atoms. The van der Waals surface area contributed by atoms with Crippen molar-refractivity contribution in [2.75, 3.05) is 0 Å².